The fourth-order valence-corrected chi connectivity index (χ4v) is 3.83. The van der Waals surface area contributed by atoms with Gasteiger partial charge in [0.25, 0.3) is 5.56 Å². The van der Waals surface area contributed by atoms with E-state index in [0.29, 0.717) is 22.0 Å². The Hall–Kier alpha value is -4.20. The van der Waals surface area contributed by atoms with Gasteiger partial charge in [0.2, 0.25) is 0 Å². The molecule has 0 aliphatic rings. The summed E-state index contributed by atoms with van der Waals surface area (Å²) in [5.74, 6) is -0.0302. The van der Waals surface area contributed by atoms with Gasteiger partial charge in [0.15, 0.2) is 5.65 Å². The Labute approximate surface area is 167 Å². The van der Waals surface area contributed by atoms with E-state index < -0.39 is 16.9 Å². The van der Waals surface area contributed by atoms with Gasteiger partial charge in [-0.25, -0.2) is 14.6 Å². The van der Waals surface area contributed by atoms with Crippen molar-refractivity contribution in [2.24, 2.45) is 14.1 Å². The predicted octanol–water partition coefficient (Wildman–Crippen LogP) is 2.26. The Balaban J connectivity index is 2.21. The van der Waals surface area contributed by atoms with Crippen LogP contribution < -0.4 is 16.9 Å². The number of aryl methyl sites for hydroxylation is 1. The maximum atomic E-state index is 13.1. The average molecular weight is 401 g/mol. The van der Waals surface area contributed by atoms with Crippen LogP contribution in [0.4, 0.5) is 0 Å². The van der Waals surface area contributed by atoms with E-state index in [0.717, 1.165) is 4.57 Å². The minimum atomic E-state index is -0.660. The minimum Gasteiger partial charge on any atom is -0.508 e. The molecule has 148 valence electrons. The molecule has 0 spiro atoms. The first-order chi connectivity index (χ1) is 14.4. The molecular formula is C22H15N3O5. The maximum Gasteiger partial charge on any atom is 0.346 e. The van der Waals surface area contributed by atoms with E-state index in [9.17, 15) is 19.5 Å². The van der Waals surface area contributed by atoms with Crippen LogP contribution >= 0.6 is 0 Å². The Morgan fingerprint density at radius 3 is 2.47 bits per heavy atom. The number of nitrogens with zero attached hydrogens (tertiary/aromatic N) is 3. The van der Waals surface area contributed by atoms with E-state index in [4.69, 9.17) is 4.42 Å². The molecule has 0 unspecified atom stereocenters. The van der Waals surface area contributed by atoms with E-state index in [1.807, 2.05) is 0 Å². The van der Waals surface area contributed by atoms with Crippen molar-refractivity contribution in [2.45, 2.75) is 0 Å². The second-order valence-corrected chi connectivity index (χ2v) is 7.05. The van der Waals surface area contributed by atoms with Gasteiger partial charge in [-0.3, -0.25) is 13.9 Å². The average Bonchev–Trinajstić information content (AvgIpc) is 2.75. The van der Waals surface area contributed by atoms with Crippen molar-refractivity contribution in [1.82, 2.24) is 14.1 Å². The molecule has 3 heterocycles. The lowest BCUT2D eigenvalue weighted by Gasteiger charge is -2.14. The number of aromatic nitrogens is 3. The number of fused-ring (bicyclic) bond motifs is 4. The lowest BCUT2D eigenvalue weighted by molar-refractivity contribution is 0.475. The summed E-state index contributed by atoms with van der Waals surface area (Å²) in [5.41, 5.74) is -0.278. The highest BCUT2D eigenvalue weighted by molar-refractivity contribution is 6.14. The van der Waals surface area contributed by atoms with Crippen molar-refractivity contribution in [3.63, 3.8) is 0 Å². The molecular weight excluding hydrogens is 386 g/mol. The summed E-state index contributed by atoms with van der Waals surface area (Å²) in [5, 5.41) is 10.8. The van der Waals surface area contributed by atoms with Crippen molar-refractivity contribution >= 4 is 32.9 Å². The molecule has 0 saturated carbocycles. The fourth-order valence-electron chi connectivity index (χ4n) is 3.83. The van der Waals surface area contributed by atoms with Gasteiger partial charge in [-0.2, -0.15) is 0 Å². The van der Waals surface area contributed by atoms with Crippen molar-refractivity contribution in [2.75, 3.05) is 0 Å². The Morgan fingerprint density at radius 2 is 1.70 bits per heavy atom. The number of benzene rings is 2. The highest BCUT2D eigenvalue weighted by Gasteiger charge is 2.23. The molecule has 8 heteroatoms. The first-order valence-corrected chi connectivity index (χ1v) is 9.13. The van der Waals surface area contributed by atoms with Gasteiger partial charge < -0.3 is 9.52 Å². The maximum absolute atomic E-state index is 13.1. The standard InChI is InChI=1S/C22H15N3O5/c1-24-19-17(20(27)25(2)22(24)29)15(11-6-5-7-12(26)10-11)16-18(23-19)13-8-3-4-9-14(13)30-21(16)28/h3-10,26H,1-2H3. The fraction of sp³-hybridized carbons (Fsp3) is 0.0909. The number of pyridine rings is 1. The minimum absolute atomic E-state index is 0.0302. The number of para-hydroxylation sites is 1. The van der Waals surface area contributed by atoms with Crippen molar-refractivity contribution in [1.29, 1.82) is 0 Å². The van der Waals surface area contributed by atoms with Gasteiger partial charge in [0.05, 0.1) is 16.3 Å². The third-order valence-corrected chi connectivity index (χ3v) is 5.27. The largest absolute Gasteiger partial charge is 0.508 e. The van der Waals surface area contributed by atoms with Gasteiger partial charge >= 0.3 is 11.3 Å². The number of rotatable bonds is 1. The molecule has 1 N–H and O–H groups in total. The van der Waals surface area contributed by atoms with Crippen LogP contribution in [0.2, 0.25) is 0 Å². The van der Waals surface area contributed by atoms with Crippen LogP contribution in [0.3, 0.4) is 0 Å². The number of hydrogen-bond donors (Lipinski definition) is 1. The van der Waals surface area contributed by atoms with Crippen LogP contribution in [0.1, 0.15) is 0 Å². The van der Waals surface area contributed by atoms with Gasteiger partial charge in [-0.15, -0.1) is 0 Å². The molecule has 0 aliphatic heterocycles. The summed E-state index contributed by atoms with van der Waals surface area (Å²) >= 11 is 0. The quantitative estimate of drug-likeness (QED) is 0.262. The first-order valence-electron chi connectivity index (χ1n) is 9.13. The molecule has 3 aromatic heterocycles. The summed E-state index contributed by atoms with van der Waals surface area (Å²) < 4.78 is 7.74. The lowest BCUT2D eigenvalue weighted by atomic mass is 9.97. The third kappa shape index (κ3) is 2.33. The van der Waals surface area contributed by atoms with Crippen molar-refractivity contribution in [3.05, 3.63) is 79.8 Å². The highest BCUT2D eigenvalue weighted by atomic mass is 16.4. The number of aromatic hydroxyl groups is 1. The molecule has 0 amide bonds. The second kappa shape index (κ2) is 6.15. The zero-order valence-electron chi connectivity index (χ0n) is 16.0. The molecule has 2 aromatic carbocycles. The lowest BCUT2D eigenvalue weighted by Crippen LogP contribution is -2.37. The zero-order valence-corrected chi connectivity index (χ0v) is 16.0. The van der Waals surface area contributed by atoms with Crippen LogP contribution in [0.5, 0.6) is 5.75 Å². The topological polar surface area (TPSA) is 107 Å². The number of phenols is 1. The molecule has 30 heavy (non-hydrogen) atoms. The molecule has 8 nitrogen and oxygen atoms in total. The molecule has 0 fully saturated rings. The van der Waals surface area contributed by atoms with E-state index in [2.05, 4.69) is 4.98 Å². The molecule has 0 bridgehead atoms. The molecule has 0 saturated heterocycles. The van der Waals surface area contributed by atoms with E-state index in [-0.39, 0.29) is 27.7 Å². The van der Waals surface area contributed by atoms with Crippen LogP contribution in [0.25, 0.3) is 44.0 Å². The first kappa shape index (κ1) is 17.9. The summed E-state index contributed by atoms with van der Waals surface area (Å²) in [6, 6.07) is 13.1. The number of phenolic OH excluding ortho intramolecular Hbond substituents is 1. The monoisotopic (exact) mass is 401 g/mol. The second-order valence-electron chi connectivity index (χ2n) is 7.05. The summed E-state index contributed by atoms with van der Waals surface area (Å²) in [6.45, 7) is 0. The van der Waals surface area contributed by atoms with E-state index in [1.165, 1.54) is 30.8 Å². The predicted molar refractivity (Wildman–Crippen MR) is 113 cm³/mol. The molecule has 5 rings (SSSR count). The van der Waals surface area contributed by atoms with Gasteiger partial charge in [0, 0.05) is 25.0 Å². The molecule has 0 radical (unpaired) electrons. The smallest absolute Gasteiger partial charge is 0.346 e. The number of hydrogen-bond acceptors (Lipinski definition) is 6. The van der Waals surface area contributed by atoms with Gasteiger partial charge in [-0.05, 0) is 29.8 Å². The van der Waals surface area contributed by atoms with Crippen LogP contribution in [0, 0.1) is 0 Å². The van der Waals surface area contributed by atoms with Crippen LogP contribution in [0.15, 0.2) is 67.3 Å². The summed E-state index contributed by atoms with van der Waals surface area (Å²) in [6.07, 6.45) is 0. The van der Waals surface area contributed by atoms with Crippen LogP contribution in [-0.2, 0) is 14.1 Å². The van der Waals surface area contributed by atoms with E-state index >= 15 is 0 Å². The Morgan fingerprint density at radius 1 is 0.933 bits per heavy atom. The molecule has 0 atom stereocenters. The molecule has 0 aliphatic carbocycles. The normalized spacial score (nSPS) is 11.5. The molecule has 5 aromatic rings. The van der Waals surface area contributed by atoms with Gasteiger partial charge in [0.1, 0.15) is 11.3 Å². The van der Waals surface area contributed by atoms with E-state index in [1.54, 1.807) is 36.4 Å². The van der Waals surface area contributed by atoms with Crippen molar-refractivity contribution in [3.8, 4) is 16.9 Å². The third-order valence-electron chi connectivity index (χ3n) is 5.27. The summed E-state index contributed by atoms with van der Waals surface area (Å²) in [7, 11) is 2.88. The highest BCUT2D eigenvalue weighted by Crippen LogP contribution is 2.35. The SMILES string of the molecule is Cn1c(=O)c2c(-c3cccc(O)c3)c3c(=O)oc4ccccc4c3nc2n(C)c1=O. The van der Waals surface area contributed by atoms with Gasteiger partial charge in [-0.1, -0.05) is 24.3 Å². The Kier molecular flexibility index (Phi) is 3.66. The summed E-state index contributed by atoms with van der Waals surface area (Å²) in [4.78, 5) is 43.2. The van der Waals surface area contributed by atoms with Crippen LogP contribution in [-0.4, -0.2) is 19.2 Å². The van der Waals surface area contributed by atoms with Crippen molar-refractivity contribution < 1.29 is 9.52 Å². The Bertz CT molecular complexity index is 1690. The zero-order chi connectivity index (χ0) is 21.2.